The summed E-state index contributed by atoms with van der Waals surface area (Å²) >= 11 is 6.08. The monoisotopic (exact) mass is 344 g/mol. The minimum Gasteiger partial charge on any atom is -0.488 e. The van der Waals surface area contributed by atoms with Crippen molar-refractivity contribution in [1.29, 1.82) is 0 Å². The molecule has 0 fully saturated rings. The predicted molar refractivity (Wildman–Crippen MR) is 84.7 cm³/mol. The lowest BCUT2D eigenvalue weighted by Crippen LogP contribution is -2.01. The van der Waals surface area contributed by atoms with Crippen LogP contribution >= 0.6 is 22.3 Å². The largest absolute Gasteiger partial charge is 0.488 e. The van der Waals surface area contributed by atoms with Crippen LogP contribution in [0.15, 0.2) is 41.3 Å². The van der Waals surface area contributed by atoms with E-state index in [9.17, 15) is 8.42 Å². The highest BCUT2D eigenvalue weighted by molar-refractivity contribution is 8.13. The normalized spacial score (nSPS) is 11.4. The van der Waals surface area contributed by atoms with Crippen LogP contribution in [0.4, 0.5) is 0 Å². The summed E-state index contributed by atoms with van der Waals surface area (Å²) in [6, 6.07) is 10.4. The highest BCUT2D eigenvalue weighted by Gasteiger charge is 2.15. The first-order chi connectivity index (χ1) is 9.79. The lowest BCUT2D eigenvalue weighted by molar-refractivity contribution is 0.302. The first kappa shape index (κ1) is 16.1. The van der Waals surface area contributed by atoms with Crippen molar-refractivity contribution in [2.24, 2.45) is 0 Å². The van der Waals surface area contributed by atoms with Gasteiger partial charge in [-0.15, -0.1) is 0 Å². The van der Waals surface area contributed by atoms with E-state index in [4.69, 9.17) is 27.0 Å². The fourth-order valence-corrected chi connectivity index (χ4v) is 3.14. The van der Waals surface area contributed by atoms with E-state index in [2.05, 4.69) is 0 Å². The van der Waals surface area contributed by atoms with Gasteiger partial charge in [-0.2, -0.15) is 0 Å². The molecule has 2 aromatic rings. The lowest BCUT2D eigenvalue weighted by atomic mass is 10.1. The Morgan fingerprint density at radius 1 is 1.10 bits per heavy atom. The van der Waals surface area contributed by atoms with Gasteiger partial charge in [0.25, 0.3) is 9.05 Å². The Kier molecular flexibility index (Phi) is 4.81. The molecule has 0 saturated heterocycles. The van der Waals surface area contributed by atoms with E-state index in [0.717, 1.165) is 5.56 Å². The highest BCUT2D eigenvalue weighted by Crippen LogP contribution is 2.29. The maximum Gasteiger partial charge on any atom is 0.261 e. The van der Waals surface area contributed by atoms with Crippen molar-refractivity contribution >= 4 is 31.3 Å². The maximum atomic E-state index is 11.4. The molecule has 2 rings (SSSR count). The zero-order chi connectivity index (χ0) is 15.6. The van der Waals surface area contributed by atoms with Gasteiger partial charge in [0.1, 0.15) is 12.4 Å². The second kappa shape index (κ2) is 6.26. The molecule has 21 heavy (non-hydrogen) atoms. The van der Waals surface area contributed by atoms with Crippen LogP contribution < -0.4 is 4.74 Å². The summed E-state index contributed by atoms with van der Waals surface area (Å²) in [5.74, 6) is 0.638. The van der Waals surface area contributed by atoms with Gasteiger partial charge in [0.15, 0.2) is 0 Å². The van der Waals surface area contributed by atoms with Gasteiger partial charge in [0.2, 0.25) is 0 Å². The highest BCUT2D eigenvalue weighted by atomic mass is 35.7. The molecule has 0 N–H and O–H groups in total. The van der Waals surface area contributed by atoms with Crippen molar-refractivity contribution in [3.8, 4) is 5.75 Å². The number of aryl methyl sites for hydroxylation is 2. The van der Waals surface area contributed by atoms with Crippen LogP contribution in [0.1, 0.15) is 16.7 Å². The molecule has 0 spiro atoms. The van der Waals surface area contributed by atoms with E-state index in [1.807, 2.05) is 18.2 Å². The Morgan fingerprint density at radius 2 is 1.67 bits per heavy atom. The first-order valence-electron chi connectivity index (χ1n) is 6.21. The Morgan fingerprint density at radius 3 is 2.19 bits per heavy atom. The van der Waals surface area contributed by atoms with Crippen LogP contribution in [0.25, 0.3) is 0 Å². The van der Waals surface area contributed by atoms with Crippen LogP contribution in [-0.2, 0) is 15.7 Å². The van der Waals surface area contributed by atoms with Crippen molar-refractivity contribution in [1.82, 2.24) is 0 Å². The number of halogens is 2. The van der Waals surface area contributed by atoms with Crippen LogP contribution in [-0.4, -0.2) is 8.42 Å². The zero-order valence-corrected chi connectivity index (χ0v) is 13.9. The minimum atomic E-state index is -3.74. The van der Waals surface area contributed by atoms with Gasteiger partial charge < -0.3 is 4.74 Å². The SMILES string of the molecule is Cc1cc(S(=O)(=O)Cl)cc(C)c1OCc1ccccc1Cl. The van der Waals surface area contributed by atoms with Gasteiger partial charge in [-0.25, -0.2) is 8.42 Å². The van der Waals surface area contributed by atoms with Gasteiger partial charge in [0, 0.05) is 21.3 Å². The topological polar surface area (TPSA) is 43.4 Å². The molecule has 0 aliphatic rings. The summed E-state index contributed by atoms with van der Waals surface area (Å²) in [4.78, 5) is 0.0734. The van der Waals surface area contributed by atoms with E-state index in [1.165, 1.54) is 12.1 Å². The molecule has 0 aromatic heterocycles. The minimum absolute atomic E-state index is 0.0734. The molecule has 3 nitrogen and oxygen atoms in total. The van der Waals surface area contributed by atoms with Crippen LogP contribution in [0.5, 0.6) is 5.75 Å². The molecule has 0 saturated carbocycles. The maximum absolute atomic E-state index is 11.4. The molecule has 112 valence electrons. The number of hydrogen-bond acceptors (Lipinski definition) is 3. The van der Waals surface area contributed by atoms with Crippen LogP contribution in [0.2, 0.25) is 5.02 Å². The first-order valence-corrected chi connectivity index (χ1v) is 8.90. The van der Waals surface area contributed by atoms with Crippen molar-refractivity contribution in [2.75, 3.05) is 0 Å². The quantitative estimate of drug-likeness (QED) is 0.768. The van der Waals surface area contributed by atoms with Gasteiger partial charge in [-0.3, -0.25) is 0 Å². The van der Waals surface area contributed by atoms with Gasteiger partial charge in [-0.1, -0.05) is 29.8 Å². The molecule has 6 heteroatoms. The molecule has 0 radical (unpaired) electrons. The third-order valence-electron chi connectivity index (χ3n) is 3.05. The van der Waals surface area contributed by atoms with Crippen LogP contribution in [0.3, 0.4) is 0 Å². The Labute approximate surface area is 133 Å². The molecule has 0 aliphatic heterocycles. The lowest BCUT2D eigenvalue weighted by Gasteiger charge is -2.14. The van der Waals surface area contributed by atoms with E-state index in [1.54, 1.807) is 19.9 Å². The second-order valence-corrected chi connectivity index (χ2v) is 7.68. The molecule has 0 amide bonds. The molecule has 0 atom stereocenters. The van der Waals surface area contributed by atoms with Crippen molar-refractivity contribution in [2.45, 2.75) is 25.3 Å². The summed E-state index contributed by atoms with van der Waals surface area (Å²) in [7, 11) is 1.62. The third kappa shape index (κ3) is 3.90. The standard InChI is InChI=1S/C15H14Cl2O3S/c1-10-7-13(21(17,18)19)8-11(2)15(10)20-9-12-5-3-4-6-14(12)16/h3-8H,9H2,1-2H3. The van der Waals surface area contributed by atoms with E-state index < -0.39 is 9.05 Å². The summed E-state index contributed by atoms with van der Waals surface area (Å²) < 4.78 is 28.5. The van der Waals surface area contributed by atoms with Gasteiger partial charge >= 0.3 is 0 Å². The fraction of sp³-hybridized carbons (Fsp3) is 0.200. The average Bonchev–Trinajstić information content (AvgIpc) is 2.38. The zero-order valence-electron chi connectivity index (χ0n) is 11.6. The van der Waals surface area contributed by atoms with Gasteiger partial charge in [0.05, 0.1) is 4.90 Å². The van der Waals surface area contributed by atoms with Gasteiger partial charge in [-0.05, 0) is 43.2 Å². The summed E-state index contributed by atoms with van der Waals surface area (Å²) in [5, 5.41) is 0.632. The van der Waals surface area contributed by atoms with E-state index >= 15 is 0 Å². The number of ether oxygens (including phenoxy) is 1. The average molecular weight is 345 g/mol. The third-order valence-corrected chi connectivity index (χ3v) is 4.75. The van der Waals surface area contributed by atoms with Crippen molar-refractivity contribution in [3.63, 3.8) is 0 Å². The molecule has 0 aliphatic carbocycles. The smallest absolute Gasteiger partial charge is 0.261 e. The molecule has 0 bridgehead atoms. The Bertz CT molecular complexity index is 747. The molecule has 0 unspecified atom stereocenters. The molecule has 2 aromatic carbocycles. The van der Waals surface area contributed by atoms with E-state index in [-0.39, 0.29) is 4.90 Å². The second-order valence-electron chi connectivity index (χ2n) is 4.70. The summed E-state index contributed by atoms with van der Waals surface area (Å²) in [6.07, 6.45) is 0. The Hall–Kier alpha value is -1.23. The van der Waals surface area contributed by atoms with Crippen molar-refractivity contribution < 1.29 is 13.2 Å². The fourth-order valence-electron chi connectivity index (χ4n) is 2.04. The predicted octanol–water partition coefficient (Wildman–Crippen LogP) is 4.46. The summed E-state index contributed by atoms with van der Waals surface area (Å²) in [6.45, 7) is 3.87. The number of hydrogen-bond donors (Lipinski definition) is 0. The Balaban J connectivity index is 2.28. The number of rotatable bonds is 4. The molecule has 0 heterocycles. The summed E-state index contributed by atoms with van der Waals surface area (Å²) in [5.41, 5.74) is 2.29. The van der Waals surface area contributed by atoms with Crippen LogP contribution in [0, 0.1) is 13.8 Å². The molecular weight excluding hydrogens is 331 g/mol. The van der Waals surface area contributed by atoms with E-state index in [0.29, 0.717) is 28.5 Å². The number of benzene rings is 2. The van der Waals surface area contributed by atoms with Crippen molar-refractivity contribution in [3.05, 3.63) is 58.1 Å². The molecular formula is C15H14Cl2O3S.